The van der Waals surface area contributed by atoms with Crippen molar-refractivity contribution in [3.8, 4) is 0 Å². The van der Waals surface area contributed by atoms with Gasteiger partial charge in [0.2, 0.25) is 0 Å². The van der Waals surface area contributed by atoms with Gasteiger partial charge >= 0.3 is 5.69 Å². The summed E-state index contributed by atoms with van der Waals surface area (Å²) in [4.78, 5) is 27.1. The second-order valence-electron chi connectivity index (χ2n) is 4.13. The van der Waals surface area contributed by atoms with E-state index < -0.39 is 23.6 Å². The molecule has 1 saturated heterocycles. The van der Waals surface area contributed by atoms with Crippen molar-refractivity contribution in [2.24, 2.45) is 0 Å². The van der Waals surface area contributed by atoms with Gasteiger partial charge < -0.3 is 9.84 Å². The van der Waals surface area contributed by atoms with Crippen LogP contribution in [0.4, 0.5) is 0 Å². The first-order valence-corrected chi connectivity index (χ1v) is 7.62. The smallest absolute Gasteiger partial charge is 0.330 e. The van der Waals surface area contributed by atoms with Gasteiger partial charge in [0.15, 0.2) is 0 Å². The minimum absolute atomic E-state index is 0.305. The van der Waals surface area contributed by atoms with Gasteiger partial charge in [0.25, 0.3) is 5.56 Å². The van der Waals surface area contributed by atoms with Crippen LogP contribution in [-0.2, 0) is 4.74 Å². The molecule has 0 amide bonds. The van der Waals surface area contributed by atoms with Crippen molar-refractivity contribution in [3.05, 3.63) is 37.6 Å². The number of nitrogens with zero attached hydrogens (tertiary/aromatic N) is 1. The van der Waals surface area contributed by atoms with Crippen LogP contribution in [0.25, 0.3) is 6.08 Å². The molecule has 6 nitrogen and oxygen atoms in total. The summed E-state index contributed by atoms with van der Waals surface area (Å²) in [7, 11) is 0. The highest BCUT2D eigenvalue weighted by molar-refractivity contribution is 9.11. The zero-order chi connectivity index (χ0) is 14.0. The number of alkyl halides is 1. The number of aromatic amines is 1. The van der Waals surface area contributed by atoms with Gasteiger partial charge in [0, 0.05) is 17.9 Å². The Bertz CT molecular complexity index is 595. The predicted molar refractivity (Wildman–Crippen MR) is 77.6 cm³/mol. The van der Waals surface area contributed by atoms with E-state index in [1.165, 1.54) is 21.8 Å². The summed E-state index contributed by atoms with van der Waals surface area (Å²) in [6.07, 6.45) is 1.68. The summed E-state index contributed by atoms with van der Waals surface area (Å²) in [5, 5.41) is 10.3. The van der Waals surface area contributed by atoms with Gasteiger partial charge in [-0.05, 0) is 11.1 Å². The molecule has 1 fully saturated rings. The first-order valence-electron chi connectivity index (χ1n) is 5.58. The van der Waals surface area contributed by atoms with E-state index in [9.17, 15) is 14.7 Å². The van der Waals surface area contributed by atoms with Crippen molar-refractivity contribution in [1.82, 2.24) is 9.55 Å². The van der Waals surface area contributed by atoms with E-state index in [0.29, 0.717) is 17.3 Å². The maximum absolute atomic E-state index is 11.8. The Balaban J connectivity index is 2.38. The number of ether oxygens (including phenoxy) is 1. The molecule has 0 bridgehead atoms. The lowest BCUT2D eigenvalue weighted by Crippen LogP contribution is -2.33. The number of hydrogen-bond donors (Lipinski definition) is 2. The number of hydrogen-bond acceptors (Lipinski definition) is 4. The monoisotopic (exact) mass is 394 g/mol. The Morgan fingerprint density at radius 3 is 2.89 bits per heavy atom. The fraction of sp³-hybridized carbons (Fsp3) is 0.455. The number of nitrogens with one attached hydrogen (secondary N) is 1. The first kappa shape index (κ1) is 14.7. The van der Waals surface area contributed by atoms with Gasteiger partial charge in [-0.15, -0.1) is 0 Å². The molecule has 0 aliphatic carbocycles. The maximum Gasteiger partial charge on any atom is 0.330 e. The molecule has 0 radical (unpaired) electrons. The second-order valence-corrected chi connectivity index (χ2v) is 5.31. The van der Waals surface area contributed by atoms with Gasteiger partial charge in [-0.2, -0.15) is 0 Å². The van der Waals surface area contributed by atoms with Crippen molar-refractivity contribution in [3.63, 3.8) is 0 Å². The largest absolute Gasteiger partial charge is 0.390 e. The second kappa shape index (κ2) is 6.17. The standard InChI is InChI=1S/C11H12Br2N2O4/c12-2-1-6-5-15(11(18)14-10(6)17)9-3-7(16)8(4-13)19-9/h1-2,5,7-9,16H,3-4H2,(H,14,17,18)/b2-1+/t7?,8-,9-/m0/s1. The molecule has 0 saturated carbocycles. The number of aliphatic hydroxyl groups is 1. The topological polar surface area (TPSA) is 84.3 Å². The summed E-state index contributed by atoms with van der Waals surface area (Å²) < 4.78 is 6.86. The fourth-order valence-corrected chi connectivity index (χ4v) is 2.80. The highest BCUT2D eigenvalue weighted by atomic mass is 79.9. The molecule has 8 heteroatoms. The Kier molecular flexibility index (Phi) is 4.77. The van der Waals surface area contributed by atoms with E-state index in [1.807, 2.05) is 0 Å². The molecule has 0 spiro atoms. The molecule has 1 aliphatic heterocycles. The lowest BCUT2D eigenvalue weighted by atomic mass is 10.2. The predicted octanol–water partition coefficient (Wildman–Crippen LogP) is 0.945. The lowest BCUT2D eigenvalue weighted by molar-refractivity contribution is -0.00698. The molecule has 2 rings (SSSR count). The lowest BCUT2D eigenvalue weighted by Gasteiger charge is -2.14. The van der Waals surface area contributed by atoms with Crippen LogP contribution in [0.1, 0.15) is 18.2 Å². The van der Waals surface area contributed by atoms with Crippen LogP contribution in [0.5, 0.6) is 0 Å². The van der Waals surface area contributed by atoms with Crippen LogP contribution in [-0.4, -0.2) is 32.2 Å². The van der Waals surface area contributed by atoms with E-state index in [-0.39, 0.29) is 6.10 Å². The normalized spacial score (nSPS) is 27.2. The van der Waals surface area contributed by atoms with Gasteiger partial charge in [-0.1, -0.05) is 31.9 Å². The molecule has 1 aromatic rings. The third-order valence-electron chi connectivity index (χ3n) is 2.90. The van der Waals surface area contributed by atoms with Crippen LogP contribution < -0.4 is 11.2 Å². The average molecular weight is 396 g/mol. The minimum atomic E-state index is -0.640. The molecule has 3 atom stereocenters. The van der Waals surface area contributed by atoms with Crippen molar-refractivity contribution in [2.45, 2.75) is 24.9 Å². The zero-order valence-corrected chi connectivity index (χ0v) is 12.9. The van der Waals surface area contributed by atoms with E-state index in [2.05, 4.69) is 36.8 Å². The minimum Gasteiger partial charge on any atom is -0.390 e. The summed E-state index contributed by atoms with van der Waals surface area (Å²) in [5.74, 6) is 0. The Labute approximate surface area is 125 Å². The molecule has 0 aromatic carbocycles. The van der Waals surface area contributed by atoms with Gasteiger partial charge in [-0.25, -0.2) is 4.79 Å². The van der Waals surface area contributed by atoms with Crippen LogP contribution in [0, 0.1) is 0 Å². The fourth-order valence-electron chi connectivity index (χ4n) is 1.93. The molecular weight excluding hydrogens is 384 g/mol. The highest BCUT2D eigenvalue weighted by Gasteiger charge is 2.34. The Morgan fingerprint density at radius 2 is 2.32 bits per heavy atom. The van der Waals surface area contributed by atoms with Crippen LogP contribution in [0.15, 0.2) is 20.8 Å². The van der Waals surface area contributed by atoms with E-state index in [4.69, 9.17) is 4.74 Å². The third-order valence-corrected chi connectivity index (χ3v) is 3.81. The third kappa shape index (κ3) is 3.07. The summed E-state index contributed by atoms with van der Waals surface area (Å²) in [6.45, 7) is 0. The van der Waals surface area contributed by atoms with Gasteiger partial charge in [0.05, 0.1) is 17.8 Å². The highest BCUT2D eigenvalue weighted by Crippen LogP contribution is 2.28. The van der Waals surface area contributed by atoms with Gasteiger partial charge in [-0.3, -0.25) is 14.3 Å². The quantitative estimate of drug-likeness (QED) is 0.746. The number of H-pyrrole nitrogens is 1. The van der Waals surface area contributed by atoms with Crippen molar-refractivity contribution in [2.75, 3.05) is 5.33 Å². The summed E-state index contributed by atoms with van der Waals surface area (Å²) >= 11 is 6.32. The number of halogens is 2. The number of rotatable bonds is 3. The SMILES string of the molecule is O=c1[nH]c(=O)n([C@@H]2CC(O)[C@H](CBr)O2)cc1/C=C/Br. The van der Waals surface area contributed by atoms with E-state index in [0.717, 1.165) is 0 Å². The molecule has 104 valence electrons. The van der Waals surface area contributed by atoms with Gasteiger partial charge in [0.1, 0.15) is 6.23 Å². The van der Waals surface area contributed by atoms with Crippen molar-refractivity contribution in [1.29, 1.82) is 0 Å². The van der Waals surface area contributed by atoms with Crippen LogP contribution >= 0.6 is 31.9 Å². The summed E-state index contributed by atoms with van der Waals surface area (Å²) in [6, 6.07) is 0. The van der Waals surface area contributed by atoms with Crippen LogP contribution in [0.2, 0.25) is 0 Å². The summed E-state index contributed by atoms with van der Waals surface area (Å²) in [5.41, 5.74) is -0.687. The van der Waals surface area contributed by atoms with Crippen LogP contribution in [0.3, 0.4) is 0 Å². The maximum atomic E-state index is 11.8. The first-order chi connectivity index (χ1) is 9.06. The van der Waals surface area contributed by atoms with Crippen molar-refractivity contribution < 1.29 is 9.84 Å². The average Bonchev–Trinajstić information content (AvgIpc) is 2.74. The number of aromatic nitrogens is 2. The van der Waals surface area contributed by atoms with E-state index in [1.54, 1.807) is 0 Å². The molecule has 19 heavy (non-hydrogen) atoms. The molecule has 2 heterocycles. The molecule has 2 N–H and O–H groups in total. The molecule has 1 aliphatic rings. The zero-order valence-electron chi connectivity index (χ0n) is 9.75. The molecule has 1 unspecified atom stereocenters. The Morgan fingerprint density at radius 1 is 1.58 bits per heavy atom. The van der Waals surface area contributed by atoms with Crippen molar-refractivity contribution >= 4 is 37.9 Å². The number of aliphatic hydroxyl groups excluding tert-OH is 1. The molecule has 1 aromatic heterocycles. The van der Waals surface area contributed by atoms with E-state index >= 15 is 0 Å². The Hall–Kier alpha value is -0.700. The molecular formula is C11H12Br2N2O4.